The number of nitrogens with two attached hydrogens (primary N) is 1. The first-order valence-electron chi connectivity index (χ1n) is 6.00. The summed E-state index contributed by atoms with van der Waals surface area (Å²) in [4.78, 5) is 12.2. The number of hydrogen-bond acceptors (Lipinski definition) is 4. The topological polar surface area (TPSA) is 73.6 Å². The fraction of sp³-hybridized carbons (Fsp3) is 0.0714. The molecule has 0 radical (unpaired) electrons. The van der Waals surface area contributed by atoms with Gasteiger partial charge in [0.25, 0.3) is 5.91 Å². The Balaban J connectivity index is 1.86. The van der Waals surface area contributed by atoms with Gasteiger partial charge in [0.15, 0.2) is 11.5 Å². The van der Waals surface area contributed by atoms with E-state index in [-0.39, 0.29) is 12.7 Å². The summed E-state index contributed by atoms with van der Waals surface area (Å²) < 4.78 is 10.5. The molecule has 0 unspecified atom stereocenters. The number of nitrogen functional groups attached to an aromatic ring is 1. The smallest absolute Gasteiger partial charge is 0.255 e. The molecule has 0 saturated heterocycles. The van der Waals surface area contributed by atoms with Crippen LogP contribution in [0.25, 0.3) is 0 Å². The maximum absolute atomic E-state index is 12.2. The second-order valence-corrected chi connectivity index (χ2v) is 5.19. The zero-order chi connectivity index (χ0) is 15.0. The van der Waals surface area contributed by atoms with Crippen LogP contribution in [-0.4, -0.2) is 12.7 Å². The van der Waals surface area contributed by atoms with Crippen LogP contribution in [0.4, 0.5) is 11.4 Å². The molecule has 0 bridgehead atoms. The van der Waals surface area contributed by atoms with Crippen molar-refractivity contribution >= 4 is 40.5 Å². The van der Waals surface area contributed by atoms with Crippen molar-refractivity contribution in [1.82, 2.24) is 0 Å². The normalized spacial score (nSPS) is 12.3. The summed E-state index contributed by atoms with van der Waals surface area (Å²) in [5.41, 5.74) is 7.08. The molecule has 0 saturated carbocycles. The van der Waals surface area contributed by atoms with E-state index in [1.807, 2.05) is 0 Å². The highest BCUT2D eigenvalue weighted by atomic mass is 35.5. The third-order valence-corrected chi connectivity index (χ3v) is 3.71. The summed E-state index contributed by atoms with van der Waals surface area (Å²) >= 11 is 11.7. The highest BCUT2D eigenvalue weighted by molar-refractivity contribution is 6.42. The fourth-order valence-corrected chi connectivity index (χ4v) is 2.20. The number of halogens is 2. The molecule has 3 rings (SSSR count). The molecule has 0 spiro atoms. The van der Waals surface area contributed by atoms with Crippen LogP contribution >= 0.6 is 23.2 Å². The van der Waals surface area contributed by atoms with Crippen LogP contribution in [0.15, 0.2) is 30.3 Å². The maximum atomic E-state index is 12.2. The molecule has 0 fully saturated rings. The lowest BCUT2D eigenvalue weighted by Crippen LogP contribution is -2.13. The third kappa shape index (κ3) is 2.70. The molecule has 1 amide bonds. The largest absolute Gasteiger partial charge is 0.454 e. The first kappa shape index (κ1) is 13.9. The Morgan fingerprint density at radius 1 is 1.10 bits per heavy atom. The molecule has 2 aromatic carbocycles. The summed E-state index contributed by atoms with van der Waals surface area (Å²) in [7, 11) is 0. The number of carbonyl (C=O) groups excluding carboxylic acids is 1. The van der Waals surface area contributed by atoms with E-state index in [9.17, 15) is 4.79 Å². The average Bonchev–Trinajstić information content (AvgIpc) is 2.89. The first-order valence-corrected chi connectivity index (χ1v) is 6.76. The van der Waals surface area contributed by atoms with Crippen molar-refractivity contribution < 1.29 is 14.3 Å². The van der Waals surface area contributed by atoms with Crippen molar-refractivity contribution in [2.24, 2.45) is 0 Å². The van der Waals surface area contributed by atoms with E-state index in [0.717, 1.165) is 0 Å². The van der Waals surface area contributed by atoms with Crippen molar-refractivity contribution in [3.63, 3.8) is 0 Å². The van der Waals surface area contributed by atoms with Crippen molar-refractivity contribution in [2.75, 3.05) is 17.8 Å². The Hall–Kier alpha value is -2.11. The van der Waals surface area contributed by atoms with E-state index >= 15 is 0 Å². The Labute approximate surface area is 130 Å². The van der Waals surface area contributed by atoms with Gasteiger partial charge in [0, 0.05) is 17.7 Å². The van der Waals surface area contributed by atoms with Gasteiger partial charge in [-0.15, -0.1) is 0 Å². The molecule has 0 aliphatic carbocycles. The third-order valence-electron chi connectivity index (χ3n) is 2.97. The lowest BCUT2D eigenvalue weighted by atomic mass is 10.2. The molecule has 1 aliphatic heterocycles. The number of amides is 1. The summed E-state index contributed by atoms with van der Waals surface area (Å²) in [6.45, 7) is 0.138. The average molecular weight is 325 g/mol. The summed E-state index contributed by atoms with van der Waals surface area (Å²) in [5, 5.41) is 3.39. The monoisotopic (exact) mass is 324 g/mol. The van der Waals surface area contributed by atoms with Crippen LogP contribution in [0.5, 0.6) is 11.5 Å². The summed E-state index contributed by atoms with van der Waals surface area (Å²) in [6, 6.07) is 7.84. The molecule has 3 N–H and O–H groups in total. The molecule has 2 aromatic rings. The van der Waals surface area contributed by atoms with Gasteiger partial charge in [-0.05, 0) is 18.2 Å². The van der Waals surface area contributed by atoms with E-state index < -0.39 is 0 Å². The van der Waals surface area contributed by atoms with Crippen LogP contribution in [0.3, 0.4) is 0 Å². The Morgan fingerprint density at radius 3 is 2.52 bits per heavy atom. The summed E-state index contributed by atoms with van der Waals surface area (Å²) in [6.07, 6.45) is 0. The van der Waals surface area contributed by atoms with Crippen LogP contribution in [-0.2, 0) is 0 Å². The summed E-state index contributed by atoms with van der Waals surface area (Å²) in [5.74, 6) is 0.743. The van der Waals surface area contributed by atoms with Gasteiger partial charge in [-0.25, -0.2) is 0 Å². The molecule has 0 aromatic heterocycles. The minimum Gasteiger partial charge on any atom is -0.454 e. The number of hydrogen-bond donors (Lipinski definition) is 2. The molecule has 21 heavy (non-hydrogen) atoms. The van der Waals surface area contributed by atoms with E-state index in [1.54, 1.807) is 24.3 Å². The van der Waals surface area contributed by atoms with Gasteiger partial charge in [0.2, 0.25) is 6.79 Å². The van der Waals surface area contributed by atoms with Gasteiger partial charge >= 0.3 is 0 Å². The van der Waals surface area contributed by atoms with Crippen molar-refractivity contribution in [3.8, 4) is 11.5 Å². The minimum absolute atomic E-state index is 0.138. The molecular formula is C14H10Cl2N2O3. The van der Waals surface area contributed by atoms with Crippen LogP contribution in [0, 0.1) is 0 Å². The van der Waals surface area contributed by atoms with E-state index in [0.29, 0.717) is 38.5 Å². The molecule has 0 atom stereocenters. The van der Waals surface area contributed by atoms with Gasteiger partial charge in [0.1, 0.15) is 0 Å². The van der Waals surface area contributed by atoms with Gasteiger partial charge in [-0.3, -0.25) is 4.79 Å². The first-order chi connectivity index (χ1) is 10.0. The number of fused-ring (bicyclic) bond motifs is 1. The molecular weight excluding hydrogens is 315 g/mol. The minimum atomic E-state index is -0.348. The van der Waals surface area contributed by atoms with Crippen molar-refractivity contribution in [1.29, 1.82) is 0 Å². The zero-order valence-electron chi connectivity index (χ0n) is 10.7. The number of nitrogens with one attached hydrogen (secondary N) is 1. The van der Waals surface area contributed by atoms with Crippen LogP contribution < -0.4 is 20.5 Å². The predicted molar refractivity (Wildman–Crippen MR) is 81.4 cm³/mol. The predicted octanol–water partition coefficient (Wildman–Crippen LogP) is 3.56. The highest BCUT2D eigenvalue weighted by Gasteiger charge is 2.18. The number of ether oxygens (including phenoxy) is 2. The van der Waals surface area contributed by atoms with Gasteiger partial charge < -0.3 is 20.5 Å². The number of carbonyl (C=O) groups is 1. The quantitative estimate of drug-likeness (QED) is 0.828. The highest BCUT2D eigenvalue weighted by Crippen LogP contribution is 2.38. The standard InChI is InChI=1S/C14H10Cl2N2O3/c15-8-2-1-7(3-9(8)16)14(19)18-11-5-13-12(4-10(11)17)20-6-21-13/h1-5H,6,17H2,(H,18,19). The van der Waals surface area contributed by atoms with Gasteiger partial charge in [-0.1, -0.05) is 23.2 Å². The molecule has 1 aliphatic rings. The molecule has 1 heterocycles. The molecule has 7 heteroatoms. The molecule has 108 valence electrons. The Kier molecular flexibility index (Phi) is 3.53. The number of benzene rings is 2. The van der Waals surface area contributed by atoms with Gasteiger partial charge in [0.05, 0.1) is 21.4 Å². The lowest BCUT2D eigenvalue weighted by molar-refractivity contribution is 0.102. The zero-order valence-corrected chi connectivity index (χ0v) is 12.2. The lowest BCUT2D eigenvalue weighted by Gasteiger charge is -2.10. The second-order valence-electron chi connectivity index (χ2n) is 4.38. The Morgan fingerprint density at radius 2 is 1.81 bits per heavy atom. The van der Waals surface area contributed by atoms with Crippen LogP contribution in [0.2, 0.25) is 10.0 Å². The van der Waals surface area contributed by atoms with Crippen molar-refractivity contribution in [3.05, 3.63) is 45.9 Å². The fourth-order valence-electron chi connectivity index (χ4n) is 1.90. The van der Waals surface area contributed by atoms with E-state index in [1.165, 1.54) is 6.07 Å². The SMILES string of the molecule is Nc1cc2c(cc1NC(=O)c1ccc(Cl)c(Cl)c1)OCO2. The Bertz CT molecular complexity index is 734. The van der Waals surface area contributed by atoms with E-state index in [2.05, 4.69) is 5.32 Å². The van der Waals surface area contributed by atoms with Crippen molar-refractivity contribution in [2.45, 2.75) is 0 Å². The molecule has 5 nitrogen and oxygen atoms in total. The number of anilines is 2. The van der Waals surface area contributed by atoms with Crippen LogP contribution in [0.1, 0.15) is 10.4 Å². The maximum Gasteiger partial charge on any atom is 0.255 e. The van der Waals surface area contributed by atoms with Gasteiger partial charge in [-0.2, -0.15) is 0 Å². The second kappa shape index (κ2) is 5.35. The van der Waals surface area contributed by atoms with E-state index in [4.69, 9.17) is 38.4 Å². The number of rotatable bonds is 2.